The van der Waals surface area contributed by atoms with E-state index in [1.807, 2.05) is 0 Å². The van der Waals surface area contributed by atoms with Crippen LogP contribution in [0.1, 0.15) is 48.4 Å². The molecule has 3 rings (SSSR count). The fraction of sp³-hybridized carbons (Fsp3) is 0.120. The van der Waals surface area contributed by atoms with E-state index in [9.17, 15) is 29.4 Å². The van der Waals surface area contributed by atoms with Crippen LogP contribution in [-0.4, -0.2) is 53.1 Å². The first-order valence-electron chi connectivity index (χ1n) is 10.0. The Morgan fingerprint density at radius 3 is 1.53 bits per heavy atom. The van der Waals surface area contributed by atoms with Crippen molar-refractivity contribution < 1.29 is 34.5 Å². The molecule has 0 saturated carbocycles. The Labute approximate surface area is 195 Å². The number of aliphatic hydroxyl groups is 1. The smallest absolute Gasteiger partial charge is 0.336 e. The van der Waals surface area contributed by atoms with Gasteiger partial charge in [-0.25, -0.2) is 9.59 Å². The van der Waals surface area contributed by atoms with Crippen molar-refractivity contribution in [3.05, 3.63) is 82.9 Å². The minimum absolute atomic E-state index is 0.0212. The highest BCUT2D eigenvalue weighted by atomic mass is 16.4. The van der Waals surface area contributed by atoms with E-state index < -0.39 is 23.6 Å². The van der Waals surface area contributed by atoms with Gasteiger partial charge in [0, 0.05) is 31.1 Å². The SMILES string of the molecule is CNc1ccc(NC(=O)c2cc(-c3ccc(C(=O)O)c(C(C)=O)c3)ccc2C(=O)O)cc1.CO. The van der Waals surface area contributed by atoms with Gasteiger partial charge in [0.1, 0.15) is 0 Å². The standard InChI is InChI=1S/C24H20N2O6.CH4O/c1-13(27)20-11-14(3-9-18(20)23(29)30)15-4-10-19(24(31)32)21(12-15)22(28)26-17-7-5-16(25-2)6-8-17;1-2/h3-12,25H,1-2H3,(H,26,28)(H,29,30)(H,31,32);2H,1H3. The third-order valence-electron chi connectivity index (χ3n) is 4.89. The van der Waals surface area contributed by atoms with E-state index in [2.05, 4.69) is 10.6 Å². The average molecular weight is 464 g/mol. The van der Waals surface area contributed by atoms with Crippen molar-refractivity contribution in [2.45, 2.75) is 6.92 Å². The van der Waals surface area contributed by atoms with Gasteiger partial charge in [-0.2, -0.15) is 0 Å². The summed E-state index contributed by atoms with van der Waals surface area (Å²) in [5.74, 6) is -3.53. The largest absolute Gasteiger partial charge is 0.478 e. The van der Waals surface area contributed by atoms with E-state index in [0.717, 1.165) is 12.8 Å². The number of hydrogen-bond donors (Lipinski definition) is 5. The Morgan fingerprint density at radius 2 is 1.09 bits per heavy atom. The third-order valence-corrected chi connectivity index (χ3v) is 4.89. The van der Waals surface area contributed by atoms with Crippen LogP contribution >= 0.6 is 0 Å². The summed E-state index contributed by atoms with van der Waals surface area (Å²) in [4.78, 5) is 47.8. The number of carbonyl (C=O) groups excluding carboxylic acids is 2. The second-order valence-corrected chi connectivity index (χ2v) is 6.97. The summed E-state index contributed by atoms with van der Waals surface area (Å²) in [5, 5.41) is 31.5. The number of benzene rings is 3. The second kappa shape index (κ2) is 11.4. The number of anilines is 2. The molecule has 0 aliphatic heterocycles. The summed E-state index contributed by atoms with van der Waals surface area (Å²) in [5.41, 5.74) is 1.91. The zero-order valence-corrected chi connectivity index (χ0v) is 18.7. The van der Waals surface area contributed by atoms with Gasteiger partial charge >= 0.3 is 11.9 Å². The molecule has 0 aliphatic carbocycles. The van der Waals surface area contributed by atoms with Crippen LogP contribution in [0.25, 0.3) is 11.1 Å². The Bertz CT molecular complexity index is 1230. The molecule has 5 N–H and O–H groups in total. The molecule has 3 aromatic carbocycles. The van der Waals surface area contributed by atoms with Crippen molar-refractivity contribution in [3.63, 3.8) is 0 Å². The zero-order chi connectivity index (χ0) is 25.4. The van der Waals surface area contributed by atoms with Crippen LogP contribution in [0.15, 0.2) is 60.7 Å². The maximum atomic E-state index is 12.9. The lowest BCUT2D eigenvalue weighted by atomic mass is 9.94. The van der Waals surface area contributed by atoms with E-state index in [0.29, 0.717) is 16.8 Å². The van der Waals surface area contributed by atoms with Gasteiger partial charge in [-0.3, -0.25) is 9.59 Å². The van der Waals surface area contributed by atoms with Gasteiger partial charge in [0.05, 0.1) is 16.7 Å². The molecule has 0 aliphatic rings. The Morgan fingerprint density at radius 1 is 0.647 bits per heavy atom. The molecule has 0 fully saturated rings. The molecule has 0 spiro atoms. The number of carbonyl (C=O) groups is 4. The number of rotatable bonds is 7. The van der Waals surface area contributed by atoms with Crippen molar-refractivity contribution in [2.24, 2.45) is 0 Å². The van der Waals surface area contributed by atoms with Crippen molar-refractivity contribution in [1.29, 1.82) is 0 Å². The molecule has 176 valence electrons. The van der Waals surface area contributed by atoms with Gasteiger partial charge < -0.3 is 26.0 Å². The fourth-order valence-electron chi connectivity index (χ4n) is 3.22. The summed E-state index contributed by atoms with van der Waals surface area (Å²) in [7, 11) is 2.76. The quantitative estimate of drug-likeness (QED) is 0.331. The monoisotopic (exact) mass is 464 g/mol. The molecule has 0 atom stereocenters. The van der Waals surface area contributed by atoms with Gasteiger partial charge in [0.2, 0.25) is 0 Å². The van der Waals surface area contributed by atoms with Crippen molar-refractivity contribution >= 4 is 35.0 Å². The van der Waals surface area contributed by atoms with Gasteiger partial charge in [-0.15, -0.1) is 0 Å². The minimum Gasteiger partial charge on any atom is -0.478 e. The third kappa shape index (κ3) is 5.84. The van der Waals surface area contributed by atoms with E-state index in [4.69, 9.17) is 5.11 Å². The molecule has 0 radical (unpaired) electrons. The summed E-state index contributed by atoms with van der Waals surface area (Å²) in [6, 6.07) is 15.3. The lowest BCUT2D eigenvalue weighted by Crippen LogP contribution is -2.16. The lowest BCUT2D eigenvalue weighted by Gasteiger charge is -2.12. The number of aromatic carboxylic acids is 2. The fourth-order valence-corrected chi connectivity index (χ4v) is 3.22. The number of carboxylic acids is 2. The molecular weight excluding hydrogens is 440 g/mol. The molecule has 0 heterocycles. The molecule has 0 aromatic heterocycles. The predicted molar refractivity (Wildman–Crippen MR) is 128 cm³/mol. The average Bonchev–Trinajstić information content (AvgIpc) is 2.84. The number of nitrogens with one attached hydrogen (secondary N) is 2. The molecule has 0 unspecified atom stereocenters. The summed E-state index contributed by atoms with van der Waals surface area (Å²) in [6.07, 6.45) is 0. The normalized spacial score (nSPS) is 9.88. The lowest BCUT2D eigenvalue weighted by molar-refractivity contribution is 0.0683. The van der Waals surface area contributed by atoms with E-state index >= 15 is 0 Å². The van der Waals surface area contributed by atoms with Gasteiger partial charge in [-0.1, -0.05) is 12.1 Å². The maximum Gasteiger partial charge on any atom is 0.336 e. The van der Waals surface area contributed by atoms with Crippen molar-refractivity contribution in [2.75, 3.05) is 24.8 Å². The number of aliphatic hydroxyl groups excluding tert-OH is 1. The van der Waals surface area contributed by atoms with Crippen LogP contribution < -0.4 is 10.6 Å². The number of hydrogen-bond acceptors (Lipinski definition) is 6. The van der Waals surface area contributed by atoms with E-state index in [1.165, 1.54) is 43.3 Å². The highest BCUT2D eigenvalue weighted by molar-refractivity contribution is 6.11. The molecule has 9 heteroatoms. The summed E-state index contributed by atoms with van der Waals surface area (Å²) in [6.45, 7) is 1.26. The second-order valence-electron chi connectivity index (χ2n) is 6.97. The van der Waals surface area contributed by atoms with Gasteiger partial charge in [0.15, 0.2) is 5.78 Å². The zero-order valence-electron chi connectivity index (χ0n) is 18.7. The molecule has 1 amide bonds. The number of carboxylic acid groups (broad SMARTS) is 2. The minimum atomic E-state index is -1.27. The van der Waals surface area contributed by atoms with Crippen molar-refractivity contribution in [1.82, 2.24) is 0 Å². The Hall–Kier alpha value is -4.50. The Kier molecular flexibility index (Phi) is 8.63. The number of amides is 1. The van der Waals surface area contributed by atoms with E-state index in [-0.39, 0.29) is 22.3 Å². The topological polar surface area (TPSA) is 153 Å². The van der Waals surface area contributed by atoms with Crippen LogP contribution in [0.5, 0.6) is 0 Å². The number of Topliss-reactive ketones (excluding diaryl/α,β-unsaturated/α-hetero) is 1. The molecule has 34 heavy (non-hydrogen) atoms. The molecule has 9 nitrogen and oxygen atoms in total. The first kappa shape index (κ1) is 25.8. The highest BCUT2D eigenvalue weighted by Gasteiger charge is 2.20. The van der Waals surface area contributed by atoms with Crippen LogP contribution in [0, 0.1) is 0 Å². The highest BCUT2D eigenvalue weighted by Crippen LogP contribution is 2.26. The van der Waals surface area contributed by atoms with Crippen LogP contribution in [0.4, 0.5) is 11.4 Å². The van der Waals surface area contributed by atoms with Crippen LogP contribution in [0.2, 0.25) is 0 Å². The van der Waals surface area contributed by atoms with Gasteiger partial charge in [0.25, 0.3) is 5.91 Å². The maximum absolute atomic E-state index is 12.9. The van der Waals surface area contributed by atoms with Gasteiger partial charge in [-0.05, 0) is 66.6 Å². The first-order valence-corrected chi connectivity index (χ1v) is 10.0. The first-order chi connectivity index (χ1) is 16.2. The van der Waals surface area contributed by atoms with Crippen molar-refractivity contribution in [3.8, 4) is 11.1 Å². The summed E-state index contributed by atoms with van der Waals surface area (Å²) >= 11 is 0. The predicted octanol–water partition coefficient (Wildman–Crippen LogP) is 3.86. The molecule has 0 bridgehead atoms. The molecule has 3 aromatic rings. The van der Waals surface area contributed by atoms with Crippen LogP contribution in [-0.2, 0) is 0 Å². The molecule has 0 saturated heterocycles. The van der Waals surface area contributed by atoms with Crippen LogP contribution in [0.3, 0.4) is 0 Å². The number of ketones is 1. The summed E-state index contributed by atoms with van der Waals surface area (Å²) < 4.78 is 0. The molecular formula is C25H24N2O7. The van der Waals surface area contributed by atoms with E-state index in [1.54, 1.807) is 31.3 Å². The Balaban J connectivity index is 0.00000199.